The number of benzene rings is 1. The molecule has 0 radical (unpaired) electrons. The third kappa shape index (κ3) is 2.15. The van der Waals surface area contributed by atoms with Crippen LogP contribution in [0.25, 0.3) is 0 Å². The number of hydrogen-bond donors (Lipinski definition) is 3. The standard InChI is InChI=1S/C9H10ClN5/c10-7-3-1-2-6(4-7)9(13-11)8-5-12-15-14-8/h1-5,9,13H,11H2,(H,12,14,15). The van der Waals surface area contributed by atoms with Crippen molar-refractivity contribution in [1.82, 2.24) is 20.8 Å². The van der Waals surface area contributed by atoms with Crippen molar-refractivity contribution in [1.29, 1.82) is 0 Å². The van der Waals surface area contributed by atoms with Gasteiger partial charge in [-0.2, -0.15) is 15.4 Å². The summed E-state index contributed by atoms with van der Waals surface area (Å²) in [5.41, 5.74) is 4.33. The van der Waals surface area contributed by atoms with Crippen LogP contribution in [-0.2, 0) is 0 Å². The van der Waals surface area contributed by atoms with Crippen LogP contribution < -0.4 is 11.3 Å². The van der Waals surface area contributed by atoms with Gasteiger partial charge in [-0.1, -0.05) is 23.7 Å². The summed E-state index contributed by atoms with van der Waals surface area (Å²) < 4.78 is 0. The number of nitrogens with one attached hydrogen (secondary N) is 2. The van der Waals surface area contributed by atoms with Crippen LogP contribution in [0.2, 0.25) is 5.02 Å². The number of rotatable bonds is 3. The van der Waals surface area contributed by atoms with E-state index in [1.165, 1.54) is 0 Å². The summed E-state index contributed by atoms with van der Waals surface area (Å²) >= 11 is 5.89. The number of hydrogen-bond acceptors (Lipinski definition) is 4. The van der Waals surface area contributed by atoms with Crippen LogP contribution in [0.1, 0.15) is 17.3 Å². The van der Waals surface area contributed by atoms with E-state index < -0.39 is 0 Å². The molecule has 0 saturated heterocycles. The van der Waals surface area contributed by atoms with Crippen molar-refractivity contribution in [2.75, 3.05) is 0 Å². The molecule has 1 atom stereocenters. The van der Waals surface area contributed by atoms with E-state index in [0.29, 0.717) is 5.02 Å². The van der Waals surface area contributed by atoms with Gasteiger partial charge in [-0.05, 0) is 17.7 Å². The Kier molecular flexibility index (Phi) is 2.96. The molecule has 1 heterocycles. The minimum atomic E-state index is -0.206. The molecule has 5 nitrogen and oxygen atoms in total. The Labute approximate surface area is 91.6 Å². The molecule has 2 rings (SSSR count). The predicted molar refractivity (Wildman–Crippen MR) is 57.0 cm³/mol. The van der Waals surface area contributed by atoms with Gasteiger partial charge >= 0.3 is 0 Å². The van der Waals surface area contributed by atoms with Crippen molar-refractivity contribution in [2.45, 2.75) is 6.04 Å². The summed E-state index contributed by atoms with van der Waals surface area (Å²) in [6, 6.07) is 7.22. The molecular weight excluding hydrogens is 214 g/mol. The fourth-order valence-electron chi connectivity index (χ4n) is 1.39. The summed E-state index contributed by atoms with van der Waals surface area (Å²) in [7, 11) is 0. The van der Waals surface area contributed by atoms with Gasteiger partial charge in [-0.25, -0.2) is 5.43 Å². The van der Waals surface area contributed by atoms with E-state index in [-0.39, 0.29) is 6.04 Å². The second-order valence-corrected chi connectivity index (χ2v) is 3.49. The molecule has 0 aliphatic heterocycles. The number of nitrogens with two attached hydrogens (primary N) is 1. The van der Waals surface area contributed by atoms with Gasteiger partial charge in [0.25, 0.3) is 0 Å². The van der Waals surface area contributed by atoms with E-state index in [9.17, 15) is 0 Å². The van der Waals surface area contributed by atoms with Crippen molar-refractivity contribution in [2.24, 2.45) is 5.84 Å². The Morgan fingerprint density at radius 3 is 2.93 bits per heavy atom. The van der Waals surface area contributed by atoms with Crippen molar-refractivity contribution in [3.05, 3.63) is 46.7 Å². The van der Waals surface area contributed by atoms with Gasteiger partial charge in [0.05, 0.1) is 12.2 Å². The van der Waals surface area contributed by atoms with Gasteiger partial charge < -0.3 is 0 Å². The zero-order valence-corrected chi connectivity index (χ0v) is 8.57. The molecule has 0 saturated carbocycles. The molecule has 78 valence electrons. The topological polar surface area (TPSA) is 79.6 Å². The zero-order chi connectivity index (χ0) is 10.7. The smallest absolute Gasteiger partial charge is 0.105 e. The molecule has 15 heavy (non-hydrogen) atoms. The highest BCUT2D eigenvalue weighted by molar-refractivity contribution is 6.30. The van der Waals surface area contributed by atoms with E-state index in [1.54, 1.807) is 12.3 Å². The average molecular weight is 224 g/mol. The molecule has 2 aromatic rings. The summed E-state index contributed by atoms with van der Waals surface area (Å²) in [6.45, 7) is 0. The summed E-state index contributed by atoms with van der Waals surface area (Å²) in [5.74, 6) is 5.47. The first kappa shape index (κ1) is 10.1. The summed E-state index contributed by atoms with van der Waals surface area (Å²) in [6.07, 6.45) is 1.62. The Hall–Kier alpha value is -1.43. The number of halogens is 1. The van der Waals surface area contributed by atoms with Crippen molar-refractivity contribution >= 4 is 11.6 Å². The summed E-state index contributed by atoms with van der Waals surface area (Å²) in [4.78, 5) is 0. The Balaban J connectivity index is 2.35. The van der Waals surface area contributed by atoms with E-state index in [4.69, 9.17) is 17.4 Å². The van der Waals surface area contributed by atoms with Crippen LogP contribution >= 0.6 is 11.6 Å². The third-order valence-electron chi connectivity index (χ3n) is 2.08. The zero-order valence-electron chi connectivity index (χ0n) is 7.81. The Morgan fingerprint density at radius 2 is 2.33 bits per heavy atom. The first-order chi connectivity index (χ1) is 7.31. The Morgan fingerprint density at radius 1 is 1.47 bits per heavy atom. The van der Waals surface area contributed by atoms with Gasteiger partial charge in [0, 0.05) is 5.02 Å². The Bertz CT molecular complexity index is 428. The van der Waals surface area contributed by atoms with E-state index in [0.717, 1.165) is 11.3 Å². The minimum absolute atomic E-state index is 0.206. The molecule has 0 aliphatic rings. The predicted octanol–water partition coefficient (Wildman–Crippen LogP) is 1.01. The van der Waals surface area contributed by atoms with E-state index in [1.807, 2.05) is 18.2 Å². The maximum Gasteiger partial charge on any atom is 0.105 e. The van der Waals surface area contributed by atoms with Gasteiger partial charge in [-0.15, -0.1) is 0 Å². The lowest BCUT2D eigenvalue weighted by Crippen LogP contribution is -2.29. The fourth-order valence-corrected chi connectivity index (χ4v) is 1.59. The van der Waals surface area contributed by atoms with Gasteiger partial charge in [0.15, 0.2) is 0 Å². The molecule has 6 heteroatoms. The maximum atomic E-state index is 5.89. The van der Waals surface area contributed by atoms with Gasteiger partial charge in [0.1, 0.15) is 5.69 Å². The molecule has 0 aliphatic carbocycles. The highest BCUT2D eigenvalue weighted by Gasteiger charge is 2.14. The number of nitrogens with zero attached hydrogens (tertiary/aromatic N) is 2. The molecule has 4 N–H and O–H groups in total. The average Bonchev–Trinajstić information content (AvgIpc) is 2.72. The van der Waals surface area contributed by atoms with Gasteiger partial charge in [0.2, 0.25) is 0 Å². The summed E-state index contributed by atoms with van der Waals surface area (Å²) in [5, 5.41) is 10.9. The lowest BCUT2D eigenvalue weighted by Gasteiger charge is -2.13. The van der Waals surface area contributed by atoms with E-state index in [2.05, 4.69) is 20.8 Å². The van der Waals surface area contributed by atoms with E-state index >= 15 is 0 Å². The lowest BCUT2D eigenvalue weighted by atomic mass is 10.1. The molecule has 0 fully saturated rings. The molecule has 1 unspecified atom stereocenters. The number of aromatic nitrogens is 3. The number of hydrazine groups is 1. The van der Waals surface area contributed by atoms with Crippen LogP contribution in [0.4, 0.5) is 0 Å². The minimum Gasteiger partial charge on any atom is -0.271 e. The van der Waals surface area contributed by atoms with Crippen LogP contribution in [0.3, 0.4) is 0 Å². The first-order valence-corrected chi connectivity index (χ1v) is 4.76. The molecule has 0 bridgehead atoms. The molecular formula is C9H10ClN5. The quantitative estimate of drug-likeness (QED) is 0.536. The van der Waals surface area contributed by atoms with Crippen LogP contribution in [0.5, 0.6) is 0 Å². The lowest BCUT2D eigenvalue weighted by molar-refractivity contribution is 0.618. The van der Waals surface area contributed by atoms with Crippen LogP contribution in [0.15, 0.2) is 30.5 Å². The molecule has 0 amide bonds. The highest BCUT2D eigenvalue weighted by atomic mass is 35.5. The van der Waals surface area contributed by atoms with Crippen LogP contribution in [-0.4, -0.2) is 15.4 Å². The SMILES string of the molecule is NNC(c1cccc(Cl)c1)c1cn[nH]n1. The van der Waals surface area contributed by atoms with Crippen molar-refractivity contribution < 1.29 is 0 Å². The first-order valence-electron chi connectivity index (χ1n) is 4.38. The normalized spacial score (nSPS) is 12.7. The number of H-pyrrole nitrogens is 1. The van der Waals surface area contributed by atoms with Crippen LogP contribution in [0, 0.1) is 0 Å². The number of aromatic amines is 1. The molecule has 1 aromatic carbocycles. The largest absolute Gasteiger partial charge is 0.271 e. The van der Waals surface area contributed by atoms with Gasteiger partial charge in [-0.3, -0.25) is 5.84 Å². The second-order valence-electron chi connectivity index (χ2n) is 3.05. The molecule has 0 spiro atoms. The van der Waals surface area contributed by atoms with Crippen molar-refractivity contribution in [3.63, 3.8) is 0 Å². The third-order valence-corrected chi connectivity index (χ3v) is 2.31. The maximum absolute atomic E-state index is 5.89. The highest BCUT2D eigenvalue weighted by Crippen LogP contribution is 2.21. The van der Waals surface area contributed by atoms with Crippen molar-refractivity contribution in [3.8, 4) is 0 Å². The monoisotopic (exact) mass is 223 g/mol. The fraction of sp³-hybridized carbons (Fsp3) is 0.111. The second kappa shape index (κ2) is 4.39. The molecule has 1 aromatic heterocycles.